The number of halogens is 1. The van der Waals surface area contributed by atoms with E-state index in [-0.39, 0.29) is 0 Å². The SMILES string of the molecule is CC(C)CCn1c(=S)[nH]c2cc(Br)cnc21. The van der Waals surface area contributed by atoms with Crippen LogP contribution in [-0.2, 0) is 6.54 Å². The number of hydrogen-bond donors (Lipinski definition) is 1. The third kappa shape index (κ3) is 2.35. The number of imidazole rings is 1. The topological polar surface area (TPSA) is 33.6 Å². The molecule has 0 aliphatic heterocycles. The molecule has 86 valence electrons. The molecule has 16 heavy (non-hydrogen) atoms. The van der Waals surface area contributed by atoms with Gasteiger partial charge >= 0.3 is 0 Å². The highest BCUT2D eigenvalue weighted by Crippen LogP contribution is 2.17. The standard InChI is InChI=1S/C11H14BrN3S/c1-7(2)3-4-15-10-9(14-11(15)16)5-8(12)6-13-10/h5-7H,3-4H2,1-2H3,(H,14,16). The molecule has 0 saturated heterocycles. The van der Waals surface area contributed by atoms with Crippen LogP contribution in [0.1, 0.15) is 20.3 Å². The molecule has 0 saturated carbocycles. The number of aryl methyl sites for hydroxylation is 1. The molecule has 2 rings (SSSR count). The Bertz CT molecular complexity index is 556. The molecule has 2 heterocycles. The van der Waals surface area contributed by atoms with E-state index in [1.807, 2.05) is 6.07 Å². The number of hydrogen-bond acceptors (Lipinski definition) is 2. The van der Waals surface area contributed by atoms with Crippen molar-refractivity contribution in [2.24, 2.45) is 5.92 Å². The maximum absolute atomic E-state index is 5.30. The van der Waals surface area contributed by atoms with E-state index in [1.165, 1.54) is 0 Å². The summed E-state index contributed by atoms with van der Waals surface area (Å²) in [5, 5.41) is 0. The van der Waals surface area contributed by atoms with Crippen molar-refractivity contribution < 1.29 is 0 Å². The number of aromatic amines is 1. The molecule has 5 heteroatoms. The molecule has 0 aliphatic carbocycles. The number of H-pyrrole nitrogens is 1. The van der Waals surface area contributed by atoms with Crippen molar-refractivity contribution >= 4 is 39.3 Å². The zero-order valence-corrected chi connectivity index (χ0v) is 11.7. The van der Waals surface area contributed by atoms with Crippen LogP contribution in [0.5, 0.6) is 0 Å². The first kappa shape index (κ1) is 11.8. The highest BCUT2D eigenvalue weighted by Gasteiger charge is 2.06. The van der Waals surface area contributed by atoms with Crippen LogP contribution in [0.3, 0.4) is 0 Å². The second-order valence-electron chi connectivity index (χ2n) is 4.29. The average Bonchev–Trinajstić information content (AvgIpc) is 2.50. The van der Waals surface area contributed by atoms with Gasteiger partial charge in [-0.15, -0.1) is 0 Å². The van der Waals surface area contributed by atoms with E-state index in [2.05, 4.69) is 44.3 Å². The molecular formula is C11H14BrN3S. The molecule has 0 aliphatic rings. The molecule has 2 aromatic rings. The van der Waals surface area contributed by atoms with Gasteiger partial charge < -0.3 is 9.55 Å². The molecule has 0 unspecified atom stereocenters. The quantitative estimate of drug-likeness (QED) is 0.872. The summed E-state index contributed by atoms with van der Waals surface area (Å²) >= 11 is 8.70. The van der Waals surface area contributed by atoms with Crippen molar-refractivity contribution in [3.05, 3.63) is 21.5 Å². The predicted octanol–water partition coefficient (Wildman–Crippen LogP) is 3.90. The maximum Gasteiger partial charge on any atom is 0.179 e. The van der Waals surface area contributed by atoms with Crippen molar-refractivity contribution in [3.63, 3.8) is 0 Å². The van der Waals surface area contributed by atoms with Crippen LogP contribution in [-0.4, -0.2) is 14.5 Å². The molecule has 2 aromatic heterocycles. The summed E-state index contributed by atoms with van der Waals surface area (Å²) < 4.78 is 3.78. The fraction of sp³-hybridized carbons (Fsp3) is 0.455. The van der Waals surface area contributed by atoms with Crippen LogP contribution in [0.25, 0.3) is 11.2 Å². The molecule has 1 N–H and O–H groups in total. The van der Waals surface area contributed by atoms with Gasteiger partial charge in [0.2, 0.25) is 0 Å². The highest BCUT2D eigenvalue weighted by molar-refractivity contribution is 9.10. The van der Waals surface area contributed by atoms with Gasteiger partial charge in [0.05, 0.1) is 5.52 Å². The van der Waals surface area contributed by atoms with Gasteiger partial charge in [-0.05, 0) is 46.6 Å². The highest BCUT2D eigenvalue weighted by atomic mass is 79.9. The van der Waals surface area contributed by atoms with E-state index < -0.39 is 0 Å². The van der Waals surface area contributed by atoms with Crippen molar-refractivity contribution in [1.82, 2.24) is 14.5 Å². The third-order valence-electron chi connectivity index (χ3n) is 2.51. The summed E-state index contributed by atoms with van der Waals surface area (Å²) in [5.41, 5.74) is 1.93. The summed E-state index contributed by atoms with van der Waals surface area (Å²) in [6, 6.07) is 2.00. The van der Waals surface area contributed by atoms with Crippen LogP contribution in [0.15, 0.2) is 16.7 Å². The Hall–Kier alpha value is -0.680. The summed E-state index contributed by atoms with van der Waals surface area (Å²) in [7, 11) is 0. The predicted molar refractivity (Wildman–Crippen MR) is 72.1 cm³/mol. The van der Waals surface area contributed by atoms with Crippen LogP contribution in [0, 0.1) is 10.7 Å². The number of rotatable bonds is 3. The van der Waals surface area contributed by atoms with Crippen LogP contribution in [0.4, 0.5) is 0 Å². The lowest BCUT2D eigenvalue weighted by Gasteiger charge is -2.06. The van der Waals surface area contributed by atoms with E-state index in [0.29, 0.717) is 5.92 Å². The van der Waals surface area contributed by atoms with Gasteiger partial charge in [0.25, 0.3) is 0 Å². The Morgan fingerprint density at radius 3 is 3.00 bits per heavy atom. The van der Waals surface area contributed by atoms with E-state index in [4.69, 9.17) is 12.2 Å². The van der Waals surface area contributed by atoms with E-state index >= 15 is 0 Å². The monoisotopic (exact) mass is 299 g/mol. The van der Waals surface area contributed by atoms with Gasteiger partial charge in [-0.25, -0.2) is 4.98 Å². The summed E-state index contributed by atoms with van der Waals surface area (Å²) in [4.78, 5) is 7.57. The molecule has 3 nitrogen and oxygen atoms in total. The molecule has 0 spiro atoms. The van der Waals surface area contributed by atoms with Gasteiger partial charge in [0, 0.05) is 17.2 Å². The Morgan fingerprint density at radius 2 is 2.31 bits per heavy atom. The van der Waals surface area contributed by atoms with Crippen molar-refractivity contribution in [1.29, 1.82) is 0 Å². The second-order valence-corrected chi connectivity index (χ2v) is 5.59. The number of fused-ring (bicyclic) bond motifs is 1. The van der Waals surface area contributed by atoms with Crippen molar-refractivity contribution in [2.45, 2.75) is 26.8 Å². The normalized spacial score (nSPS) is 11.5. The maximum atomic E-state index is 5.30. The molecule has 0 bridgehead atoms. The molecular weight excluding hydrogens is 286 g/mol. The number of pyridine rings is 1. The van der Waals surface area contributed by atoms with E-state index in [1.54, 1.807) is 6.20 Å². The largest absolute Gasteiger partial charge is 0.329 e. The molecule has 0 fully saturated rings. The van der Waals surface area contributed by atoms with Gasteiger partial charge in [0.15, 0.2) is 10.4 Å². The lowest BCUT2D eigenvalue weighted by molar-refractivity contribution is 0.518. The van der Waals surface area contributed by atoms with Gasteiger partial charge in [0.1, 0.15) is 0 Å². The first-order valence-electron chi connectivity index (χ1n) is 5.32. The number of aromatic nitrogens is 3. The minimum absolute atomic E-state index is 0.669. The van der Waals surface area contributed by atoms with Gasteiger partial charge in [-0.1, -0.05) is 13.8 Å². The lowest BCUT2D eigenvalue weighted by atomic mass is 10.1. The van der Waals surface area contributed by atoms with Crippen molar-refractivity contribution in [2.75, 3.05) is 0 Å². The average molecular weight is 300 g/mol. The Kier molecular flexibility index (Phi) is 3.44. The minimum atomic E-state index is 0.669. The van der Waals surface area contributed by atoms with E-state index in [0.717, 1.165) is 33.4 Å². The van der Waals surface area contributed by atoms with Gasteiger partial charge in [-0.3, -0.25) is 0 Å². The van der Waals surface area contributed by atoms with Crippen LogP contribution < -0.4 is 0 Å². The second kappa shape index (κ2) is 4.67. The third-order valence-corrected chi connectivity index (χ3v) is 3.26. The van der Waals surface area contributed by atoms with E-state index in [9.17, 15) is 0 Å². The fourth-order valence-corrected chi connectivity index (χ4v) is 2.23. The molecule has 0 aromatic carbocycles. The lowest BCUT2D eigenvalue weighted by Crippen LogP contribution is -2.02. The fourth-order valence-electron chi connectivity index (χ4n) is 1.61. The number of nitrogens with one attached hydrogen (secondary N) is 1. The summed E-state index contributed by atoms with van der Waals surface area (Å²) in [6.45, 7) is 5.34. The zero-order valence-electron chi connectivity index (χ0n) is 9.33. The molecule has 0 radical (unpaired) electrons. The number of nitrogens with zero attached hydrogens (tertiary/aromatic N) is 2. The Morgan fingerprint density at radius 1 is 1.56 bits per heavy atom. The summed E-state index contributed by atoms with van der Waals surface area (Å²) in [5.74, 6) is 0.669. The Labute approximate surface area is 108 Å². The summed E-state index contributed by atoms with van der Waals surface area (Å²) in [6.07, 6.45) is 2.91. The van der Waals surface area contributed by atoms with Crippen molar-refractivity contribution in [3.8, 4) is 0 Å². The van der Waals surface area contributed by atoms with Crippen LogP contribution >= 0.6 is 28.1 Å². The first-order valence-corrected chi connectivity index (χ1v) is 6.52. The zero-order chi connectivity index (χ0) is 11.7. The first-order chi connectivity index (χ1) is 7.58. The van der Waals surface area contributed by atoms with Crippen LogP contribution in [0.2, 0.25) is 0 Å². The molecule has 0 atom stereocenters. The minimum Gasteiger partial charge on any atom is -0.329 e. The molecule has 0 amide bonds. The Balaban J connectivity index is 2.44. The van der Waals surface area contributed by atoms with Gasteiger partial charge in [-0.2, -0.15) is 0 Å². The smallest absolute Gasteiger partial charge is 0.179 e.